The van der Waals surface area contributed by atoms with Gasteiger partial charge in [0.2, 0.25) is 5.43 Å². The van der Waals surface area contributed by atoms with E-state index in [1.807, 2.05) is 40.2 Å². The largest absolute Gasteiger partial charge is 0.502 e. The Kier molecular flexibility index (Phi) is 4.22. The van der Waals surface area contributed by atoms with Crippen LogP contribution in [-0.4, -0.2) is 33.3 Å². The fraction of sp³-hybridized carbons (Fsp3) is 0.308. The Morgan fingerprint density at radius 2 is 1.74 bits per heavy atom. The average molecular weight is 476 g/mol. The van der Waals surface area contributed by atoms with Gasteiger partial charge >= 0.3 is 0 Å². The number of halogens is 1. The first-order chi connectivity index (χ1) is 16.5. The van der Waals surface area contributed by atoms with Gasteiger partial charge in [-0.1, -0.05) is 30.3 Å². The van der Waals surface area contributed by atoms with E-state index in [-0.39, 0.29) is 23.5 Å². The first-order valence-corrected chi connectivity index (χ1v) is 12.5. The first kappa shape index (κ1) is 20.1. The lowest BCUT2D eigenvalue weighted by atomic mass is 9.51. The van der Waals surface area contributed by atoms with Crippen molar-refractivity contribution in [3.8, 4) is 5.75 Å². The molecule has 2 aliphatic heterocycles. The van der Waals surface area contributed by atoms with Crippen molar-refractivity contribution in [2.75, 3.05) is 11.7 Å². The van der Waals surface area contributed by atoms with Crippen molar-refractivity contribution in [2.45, 2.75) is 35.6 Å². The summed E-state index contributed by atoms with van der Waals surface area (Å²) in [5, 5.41) is 12.7. The minimum absolute atomic E-state index is 0.0163. The number of pyridine rings is 1. The molecule has 2 bridgehead atoms. The first-order valence-electron chi connectivity index (χ1n) is 11.5. The van der Waals surface area contributed by atoms with Gasteiger partial charge < -0.3 is 10.0 Å². The van der Waals surface area contributed by atoms with Crippen LogP contribution < -0.4 is 10.4 Å². The molecule has 0 radical (unpaired) electrons. The highest BCUT2D eigenvalue weighted by Crippen LogP contribution is 2.57. The zero-order chi connectivity index (χ0) is 23.1. The Morgan fingerprint density at radius 1 is 0.971 bits per heavy atom. The number of hydrogen-bond acceptors (Lipinski definition) is 5. The van der Waals surface area contributed by atoms with E-state index >= 15 is 4.39 Å². The van der Waals surface area contributed by atoms with Crippen LogP contribution in [0.4, 0.5) is 4.39 Å². The molecule has 3 fully saturated rings. The number of carbonyl (C=O) groups excluding carboxylic acids is 1. The second kappa shape index (κ2) is 7.12. The van der Waals surface area contributed by atoms with Crippen molar-refractivity contribution in [1.29, 1.82) is 0 Å². The van der Waals surface area contributed by atoms with Gasteiger partial charge in [-0.25, -0.2) is 4.39 Å². The summed E-state index contributed by atoms with van der Waals surface area (Å²) in [6.45, 7) is 0.297. The number of aromatic hydroxyl groups is 1. The Bertz CT molecular complexity index is 1410. The van der Waals surface area contributed by atoms with Gasteiger partial charge in [-0.3, -0.25) is 19.3 Å². The Morgan fingerprint density at radius 3 is 2.50 bits per heavy atom. The Balaban J connectivity index is 1.47. The normalized spacial score (nSPS) is 26.6. The minimum atomic E-state index is -0.580. The molecule has 34 heavy (non-hydrogen) atoms. The number of aromatic nitrogens is 1. The number of nitrogens with zero attached hydrogens (tertiary/aromatic N) is 3. The lowest BCUT2D eigenvalue weighted by molar-refractivity contribution is -0.103. The van der Waals surface area contributed by atoms with E-state index in [1.165, 1.54) is 12.1 Å². The summed E-state index contributed by atoms with van der Waals surface area (Å²) in [6, 6.07) is 14.2. The van der Waals surface area contributed by atoms with E-state index in [9.17, 15) is 14.7 Å². The average Bonchev–Trinajstić information content (AvgIpc) is 2.94. The Hall–Kier alpha value is -3.26. The smallest absolute Gasteiger partial charge is 0.278 e. The fourth-order valence-electron chi connectivity index (χ4n) is 6.02. The highest BCUT2D eigenvalue weighted by molar-refractivity contribution is 7.98. The highest BCUT2D eigenvalue weighted by atomic mass is 32.2. The molecule has 3 saturated carbocycles. The number of thioether (sulfide) groups is 1. The van der Waals surface area contributed by atoms with Gasteiger partial charge in [0.05, 0.1) is 6.04 Å². The van der Waals surface area contributed by atoms with Gasteiger partial charge in [-0.15, -0.1) is 11.8 Å². The number of rotatable bonds is 2. The van der Waals surface area contributed by atoms with Crippen molar-refractivity contribution in [3.05, 3.63) is 93.2 Å². The van der Waals surface area contributed by atoms with Gasteiger partial charge in [0.25, 0.3) is 5.91 Å². The lowest BCUT2D eigenvalue weighted by Crippen LogP contribution is -2.69. The maximum Gasteiger partial charge on any atom is 0.278 e. The third-order valence-corrected chi connectivity index (χ3v) is 9.08. The van der Waals surface area contributed by atoms with Crippen molar-refractivity contribution in [1.82, 2.24) is 9.58 Å². The summed E-state index contributed by atoms with van der Waals surface area (Å²) in [5.74, 6) is 0.341. The molecule has 3 heterocycles. The van der Waals surface area contributed by atoms with Crippen LogP contribution in [0.25, 0.3) is 0 Å². The molecule has 5 aliphatic rings. The molecule has 1 N–H and O–H groups in total. The zero-order valence-corrected chi connectivity index (χ0v) is 19.0. The summed E-state index contributed by atoms with van der Waals surface area (Å²) in [7, 11) is 0. The minimum Gasteiger partial charge on any atom is -0.502 e. The highest BCUT2D eigenvalue weighted by Gasteiger charge is 2.58. The second-order valence-electron chi connectivity index (χ2n) is 9.60. The molecule has 0 saturated heterocycles. The molecule has 0 unspecified atom stereocenters. The summed E-state index contributed by atoms with van der Waals surface area (Å²) >= 11 is 1.60. The molecule has 0 spiro atoms. The van der Waals surface area contributed by atoms with Crippen LogP contribution in [0.5, 0.6) is 5.75 Å². The van der Waals surface area contributed by atoms with E-state index in [0.717, 1.165) is 28.9 Å². The zero-order valence-electron chi connectivity index (χ0n) is 18.2. The number of carbonyl (C=O) groups is 1. The van der Waals surface area contributed by atoms with Crippen LogP contribution in [-0.2, 0) is 5.75 Å². The molecule has 3 aromatic rings. The number of benzene rings is 2. The van der Waals surface area contributed by atoms with Gasteiger partial charge in [-0.2, -0.15) is 0 Å². The van der Waals surface area contributed by atoms with Gasteiger partial charge in [0, 0.05) is 34.5 Å². The van der Waals surface area contributed by atoms with Crippen LogP contribution in [0.3, 0.4) is 0 Å². The number of amides is 1. The molecule has 1 amide bonds. The molecule has 1 atom stereocenters. The standard InChI is InChI=1S/C26H22FN3O3S/c27-19-6-3-5-16-18(19)12-34-21-7-2-1-4-17(21)23(16)30-13-28(22-14-10-15(22)11-14)26(33)24-25(32)20(31)8-9-29(24)30/h1-9,14-15,22-23,32H,10-13H2/t14?,15?,22?,23-/m0/s1. The molecule has 3 aliphatic carbocycles. The number of hydrogen-bond donors (Lipinski definition) is 1. The fourth-order valence-corrected chi connectivity index (χ4v) is 7.14. The number of fused-ring (bicyclic) bond motifs is 3. The van der Waals surface area contributed by atoms with E-state index in [4.69, 9.17) is 0 Å². The maximum absolute atomic E-state index is 15.0. The van der Waals surface area contributed by atoms with Crippen molar-refractivity contribution < 1.29 is 14.3 Å². The molecule has 6 nitrogen and oxygen atoms in total. The van der Waals surface area contributed by atoms with Crippen molar-refractivity contribution >= 4 is 17.7 Å². The van der Waals surface area contributed by atoms with Crippen molar-refractivity contribution in [3.63, 3.8) is 0 Å². The molecule has 8 heteroatoms. The van der Waals surface area contributed by atoms with Crippen LogP contribution >= 0.6 is 11.8 Å². The van der Waals surface area contributed by atoms with Crippen LogP contribution in [0.15, 0.2) is 64.4 Å². The van der Waals surface area contributed by atoms with Crippen LogP contribution in [0.2, 0.25) is 0 Å². The summed E-state index contributed by atoms with van der Waals surface area (Å²) in [5.41, 5.74) is 1.87. The monoisotopic (exact) mass is 475 g/mol. The van der Waals surface area contributed by atoms with Crippen LogP contribution in [0, 0.1) is 17.7 Å². The predicted molar refractivity (Wildman–Crippen MR) is 126 cm³/mol. The molecule has 1 aromatic heterocycles. The molecular formula is C26H22FN3O3S. The van der Waals surface area contributed by atoms with E-state index in [2.05, 4.69) is 0 Å². The third kappa shape index (κ3) is 2.63. The van der Waals surface area contributed by atoms with Crippen molar-refractivity contribution in [2.24, 2.45) is 11.8 Å². The Labute approximate surface area is 199 Å². The second-order valence-corrected chi connectivity index (χ2v) is 10.6. The summed E-state index contributed by atoms with van der Waals surface area (Å²) in [6.07, 6.45) is 3.80. The van der Waals surface area contributed by atoms with E-state index in [1.54, 1.807) is 28.7 Å². The predicted octanol–water partition coefficient (Wildman–Crippen LogP) is 3.85. The third-order valence-electron chi connectivity index (χ3n) is 7.96. The molecule has 8 rings (SSSR count). The SMILES string of the molecule is O=C1c2c(O)c(=O)ccn2N([C@@H]2c3ccccc3SCc3c(F)cccc32)CN1C1C2CC1C2. The maximum atomic E-state index is 15.0. The van der Waals surface area contributed by atoms with Gasteiger partial charge in [-0.05, 0) is 47.9 Å². The van der Waals surface area contributed by atoms with Crippen LogP contribution in [0.1, 0.15) is 46.1 Å². The quantitative estimate of drug-likeness (QED) is 0.610. The molecule has 2 aromatic carbocycles. The topological polar surface area (TPSA) is 65.8 Å². The lowest BCUT2D eigenvalue weighted by Gasteiger charge is -2.63. The summed E-state index contributed by atoms with van der Waals surface area (Å²) < 4.78 is 16.6. The summed E-state index contributed by atoms with van der Waals surface area (Å²) in [4.78, 5) is 28.8. The molecule has 172 valence electrons. The van der Waals surface area contributed by atoms with E-state index in [0.29, 0.717) is 29.8 Å². The van der Waals surface area contributed by atoms with E-state index < -0.39 is 17.2 Å². The van der Waals surface area contributed by atoms with Gasteiger partial charge in [0.15, 0.2) is 11.4 Å². The van der Waals surface area contributed by atoms with Gasteiger partial charge in [0.1, 0.15) is 12.5 Å². The molecular weight excluding hydrogens is 453 g/mol.